The maximum absolute atomic E-state index is 9.69. The standard InChI is InChI=1S/C15H12ClNOS2/c16-12-3-6-14(18)11(7-12)8-17-13-4-1-10(2-5-13)15(20)9-19/h1-9,18-20H/b15-9-,17-8?. The summed E-state index contributed by atoms with van der Waals surface area (Å²) in [4.78, 5) is 5.09. The summed E-state index contributed by atoms with van der Waals surface area (Å²) in [6.45, 7) is 0. The fourth-order valence-electron chi connectivity index (χ4n) is 1.57. The molecule has 0 aromatic heterocycles. The van der Waals surface area contributed by atoms with Crippen molar-refractivity contribution in [3.05, 3.63) is 64.0 Å². The van der Waals surface area contributed by atoms with Gasteiger partial charge < -0.3 is 5.11 Å². The molecule has 0 saturated carbocycles. The molecule has 0 aliphatic heterocycles. The molecule has 0 atom stereocenters. The van der Waals surface area contributed by atoms with Crippen LogP contribution in [0.3, 0.4) is 0 Å². The summed E-state index contributed by atoms with van der Waals surface area (Å²) in [5.74, 6) is 0.144. The molecule has 0 bridgehead atoms. The van der Waals surface area contributed by atoms with Crippen LogP contribution >= 0.6 is 36.9 Å². The summed E-state index contributed by atoms with van der Waals surface area (Å²) < 4.78 is 0. The van der Waals surface area contributed by atoms with Crippen molar-refractivity contribution in [1.29, 1.82) is 0 Å². The summed E-state index contributed by atoms with van der Waals surface area (Å²) >= 11 is 14.2. The first-order chi connectivity index (χ1) is 9.60. The van der Waals surface area contributed by atoms with Gasteiger partial charge in [0.15, 0.2) is 0 Å². The van der Waals surface area contributed by atoms with Crippen LogP contribution in [0, 0.1) is 0 Å². The lowest BCUT2D eigenvalue weighted by Gasteiger charge is -2.01. The second kappa shape index (κ2) is 6.88. The number of aliphatic imine (C=N–C) groups is 1. The van der Waals surface area contributed by atoms with E-state index in [-0.39, 0.29) is 5.75 Å². The van der Waals surface area contributed by atoms with Crippen LogP contribution in [-0.2, 0) is 0 Å². The number of thiol groups is 2. The van der Waals surface area contributed by atoms with Crippen LogP contribution in [0.1, 0.15) is 11.1 Å². The molecule has 2 aromatic rings. The molecule has 0 aliphatic rings. The molecular formula is C15H12ClNOS2. The maximum Gasteiger partial charge on any atom is 0.124 e. The van der Waals surface area contributed by atoms with Gasteiger partial charge >= 0.3 is 0 Å². The Hall–Kier alpha value is -1.36. The van der Waals surface area contributed by atoms with E-state index in [1.165, 1.54) is 6.07 Å². The lowest BCUT2D eigenvalue weighted by atomic mass is 10.2. The van der Waals surface area contributed by atoms with Crippen LogP contribution < -0.4 is 0 Å². The Morgan fingerprint density at radius 1 is 1.15 bits per heavy atom. The van der Waals surface area contributed by atoms with Gasteiger partial charge in [-0.25, -0.2) is 0 Å². The van der Waals surface area contributed by atoms with Gasteiger partial charge in [-0.1, -0.05) is 23.7 Å². The molecule has 0 aliphatic carbocycles. The average molecular weight is 322 g/mol. The van der Waals surface area contributed by atoms with Crippen molar-refractivity contribution in [3.8, 4) is 5.75 Å². The van der Waals surface area contributed by atoms with E-state index < -0.39 is 0 Å². The molecular weight excluding hydrogens is 310 g/mol. The van der Waals surface area contributed by atoms with Gasteiger partial charge in [0.1, 0.15) is 5.75 Å². The minimum Gasteiger partial charge on any atom is -0.507 e. The molecule has 2 aromatic carbocycles. The summed E-state index contributed by atoms with van der Waals surface area (Å²) in [7, 11) is 0. The average Bonchev–Trinajstić information content (AvgIpc) is 2.48. The SMILES string of the molecule is Oc1ccc(Cl)cc1C=Nc1ccc(/C(S)=C/S)cc1. The largest absolute Gasteiger partial charge is 0.507 e. The molecule has 0 heterocycles. The highest BCUT2D eigenvalue weighted by Crippen LogP contribution is 2.23. The zero-order valence-corrected chi connectivity index (χ0v) is 12.9. The minimum atomic E-state index is 0.144. The number of benzene rings is 2. The zero-order valence-electron chi connectivity index (χ0n) is 10.4. The maximum atomic E-state index is 9.69. The van der Waals surface area contributed by atoms with Gasteiger partial charge in [-0.15, -0.1) is 12.6 Å². The monoisotopic (exact) mass is 321 g/mol. The first-order valence-corrected chi connectivity index (χ1v) is 7.10. The molecule has 102 valence electrons. The normalized spacial score (nSPS) is 12.1. The number of hydrogen-bond donors (Lipinski definition) is 3. The molecule has 0 spiro atoms. The fourth-order valence-corrected chi connectivity index (χ4v) is 2.04. The number of nitrogens with zero attached hydrogens (tertiary/aromatic N) is 1. The predicted molar refractivity (Wildman–Crippen MR) is 92.8 cm³/mol. The van der Waals surface area contributed by atoms with Crippen molar-refractivity contribution in [2.45, 2.75) is 0 Å². The molecule has 2 rings (SSSR count). The topological polar surface area (TPSA) is 32.6 Å². The van der Waals surface area contributed by atoms with Gasteiger partial charge in [-0.2, -0.15) is 12.6 Å². The number of phenolic OH excluding ortho intramolecular Hbond substituents is 1. The Kier molecular flexibility index (Phi) is 5.17. The number of phenols is 1. The molecule has 20 heavy (non-hydrogen) atoms. The summed E-state index contributed by atoms with van der Waals surface area (Å²) in [6, 6.07) is 12.4. The summed E-state index contributed by atoms with van der Waals surface area (Å²) in [6.07, 6.45) is 1.58. The molecule has 5 heteroatoms. The van der Waals surface area contributed by atoms with E-state index in [1.54, 1.807) is 23.8 Å². The van der Waals surface area contributed by atoms with E-state index in [0.29, 0.717) is 10.6 Å². The molecule has 0 fully saturated rings. The molecule has 0 amide bonds. The smallest absolute Gasteiger partial charge is 0.124 e. The predicted octanol–water partition coefficient (Wildman–Crippen LogP) is 4.95. The zero-order chi connectivity index (χ0) is 14.5. The first kappa shape index (κ1) is 15.0. The Balaban J connectivity index is 2.21. The molecule has 0 saturated heterocycles. The Morgan fingerprint density at radius 2 is 1.85 bits per heavy atom. The van der Waals surface area contributed by atoms with Crippen molar-refractivity contribution in [2.75, 3.05) is 0 Å². The third-order valence-electron chi connectivity index (χ3n) is 2.63. The van der Waals surface area contributed by atoms with Gasteiger partial charge in [0, 0.05) is 21.7 Å². The Bertz CT molecular complexity index is 666. The van der Waals surface area contributed by atoms with Gasteiger partial charge in [-0.05, 0) is 41.3 Å². The van der Waals surface area contributed by atoms with Crippen molar-refractivity contribution in [3.63, 3.8) is 0 Å². The number of rotatable bonds is 3. The quantitative estimate of drug-likeness (QED) is 0.542. The van der Waals surface area contributed by atoms with Crippen LogP contribution in [-0.4, -0.2) is 11.3 Å². The van der Waals surface area contributed by atoms with Crippen LogP contribution in [0.25, 0.3) is 4.91 Å². The summed E-state index contributed by atoms with van der Waals surface area (Å²) in [5.41, 5.74) is 2.31. The van der Waals surface area contributed by atoms with Crippen molar-refractivity contribution in [1.82, 2.24) is 0 Å². The fraction of sp³-hybridized carbons (Fsp3) is 0. The number of aromatic hydroxyl groups is 1. The molecule has 1 N–H and O–H groups in total. The molecule has 0 radical (unpaired) electrons. The van der Waals surface area contributed by atoms with Crippen LogP contribution in [0.2, 0.25) is 5.02 Å². The highest BCUT2D eigenvalue weighted by molar-refractivity contribution is 7.92. The van der Waals surface area contributed by atoms with Crippen molar-refractivity contribution < 1.29 is 5.11 Å². The van der Waals surface area contributed by atoms with Gasteiger partial charge in [0.25, 0.3) is 0 Å². The van der Waals surface area contributed by atoms with E-state index in [9.17, 15) is 5.11 Å². The van der Waals surface area contributed by atoms with Gasteiger partial charge in [-0.3, -0.25) is 4.99 Å². The van der Waals surface area contributed by atoms with Gasteiger partial charge in [0.05, 0.1) is 5.69 Å². The van der Waals surface area contributed by atoms with E-state index in [2.05, 4.69) is 30.2 Å². The third kappa shape index (κ3) is 3.82. The Labute approximate surface area is 133 Å². The van der Waals surface area contributed by atoms with Crippen molar-refractivity contribution in [2.24, 2.45) is 4.99 Å². The highest BCUT2D eigenvalue weighted by atomic mass is 35.5. The second-order valence-corrected chi connectivity index (χ2v) is 5.20. The minimum absolute atomic E-state index is 0.144. The molecule has 0 unspecified atom stereocenters. The highest BCUT2D eigenvalue weighted by Gasteiger charge is 1.99. The summed E-state index contributed by atoms with van der Waals surface area (Å²) in [5, 5.41) is 11.9. The molecule has 2 nitrogen and oxygen atoms in total. The van der Waals surface area contributed by atoms with E-state index in [1.807, 2.05) is 24.3 Å². The van der Waals surface area contributed by atoms with Gasteiger partial charge in [0.2, 0.25) is 0 Å². The first-order valence-electron chi connectivity index (χ1n) is 5.76. The third-order valence-corrected chi connectivity index (χ3v) is 3.71. The van der Waals surface area contributed by atoms with Crippen LogP contribution in [0.4, 0.5) is 5.69 Å². The van der Waals surface area contributed by atoms with E-state index >= 15 is 0 Å². The number of halogens is 1. The Morgan fingerprint density at radius 3 is 2.50 bits per heavy atom. The van der Waals surface area contributed by atoms with Crippen molar-refractivity contribution >= 4 is 53.7 Å². The number of hydrogen-bond acceptors (Lipinski definition) is 4. The van der Waals surface area contributed by atoms with Crippen LogP contribution in [0.15, 0.2) is 52.9 Å². The van der Waals surface area contributed by atoms with Crippen LogP contribution in [0.5, 0.6) is 5.75 Å². The van der Waals surface area contributed by atoms with E-state index in [4.69, 9.17) is 11.6 Å². The lowest BCUT2D eigenvalue weighted by molar-refractivity contribution is 0.474. The van der Waals surface area contributed by atoms with E-state index in [0.717, 1.165) is 16.2 Å². The second-order valence-electron chi connectivity index (χ2n) is 4.02. The lowest BCUT2D eigenvalue weighted by Crippen LogP contribution is -1.82.